The van der Waals surface area contributed by atoms with Crippen LogP contribution in [0.15, 0.2) is 29.6 Å². The molecular formula is C15H16N2O3S. The number of hydrogen-bond acceptors (Lipinski definition) is 5. The lowest BCUT2D eigenvalue weighted by Crippen LogP contribution is -2.15. The summed E-state index contributed by atoms with van der Waals surface area (Å²) in [4.78, 5) is 11.9. The summed E-state index contributed by atoms with van der Waals surface area (Å²) in [6, 6.07) is 7.35. The van der Waals surface area contributed by atoms with Gasteiger partial charge in [-0.25, -0.2) is 0 Å². The highest BCUT2D eigenvalue weighted by molar-refractivity contribution is 7.10. The number of nitro groups is 1. The smallest absolute Gasteiger partial charge is 0.311 e. The van der Waals surface area contributed by atoms with Crippen LogP contribution in [-0.4, -0.2) is 12.0 Å². The van der Waals surface area contributed by atoms with E-state index >= 15 is 0 Å². The van der Waals surface area contributed by atoms with Crippen molar-refractivity contribution < 1.29 is 9.66 Å². The van der Waals surface area contributed by atoms with Gasteiger partial charge in [0.2, 0.25) is 0 Å². The van der Waals surface area contributed by atoms with Gasteiger partial charge in [-0.05, 0) is 42.3 Å². The molecule has 1 unspecified atom stereocenters. The molecule has 0 radical (unpaired) electrons. The number of ether oxygens (including phenoxy) is 1. The van der Waals surface area contributed by atoms with E-state index in [1.807, 2.05) is 0 Å². The summed E-state index contributed by atoms with van der Waals surface area (Å²) in [6.07, 6.45) is 3.38. The zero-order valence-corrected chi connectivity index (χ0v) is 12.5. The zero-order chi connectivity index (χ0) is 14.8. The van der Waals surface area contributed by atoms with E-state index < -0.39 is 4.92 Å². The molecule has 0 fully saturated rings. The summed E-state index contributed by atoms with van der Waals surface area (Å²) in [7, 11) is 1.45. The second kappa shape index (κ2) is 5.73. The number of benzene rings is 1. The Labute approximate surface area is 126 Å². The molecule has 1 atom stereocenters. The summed E-state index contributed by atoms with van der Waals surface area (Å²) < 4.78 is 5.11. The summed E-state index contributed by atoms with van der Waals surface area (Å²) in [5.74, 6) is 0.284. The standard InChI is InChI=1S/C15H16N2O3S/c1-20-14-9-10(5-6-13(14)17(18)19)16-12-3-2-4-15-11(12)7-8-21-15/h5-9,12,16H,2-4H2,1H3. The zero-order valence-electron chi connectivity index (χ0n) is 11.7. The second-order valence-electron chi connectivity index (χ2n) is 5.03. The highest BCUT2D eigenvalue weighted by Crippen LogP contribution is 2.37. The largest absolute Gasteiger partial charge is 0.490 e. The molecule has 0 saturated carbocycles. The highest BCUT2D eigenvalue weighted by Gasteiger charge is 2.22. The van der Waals surface area contributed by atoms with Crippen molar-refractivity contribution in [3.05, 3.63) is 50.2 Å². The Morgan fingerprint density at radius 3 is 3.05 bits per heavy atom. The van der Waals surface area contributed by atoms with Crippen molar-refractivity contribution in [3.63, 3.8) is 0 Å². The van der Waals surface area contributed by atoms with Crippen molar-refractivity contribution in [1.29, 1.82) is 0 Å². The Kier molecular flexibility index (Phi) is 3.79. The van der Waals surface area contributed by atoms with Crippen molar-refractivity contribution >= 4 is 22.7 Å². The van der Waals surface area contributed by atoms with Crippen LogP contribution in [0.2, 0.25) is 0 Å². The number of nitrogens with one attached hydrogen (secondary N) is 1. The number of aryl methyl sites for hydroxylation is 1. The summed E-state index contributed by atoms with van der Waals surface area (Å²) in [6.45, 7) is 0. The van der Waals surface area contributed by atoms with Gasteiger partial charge in [0.15, 0.2) is 5.75 Å². The van der Waals surface area contributed by atoms with Gasteiger partial charge >= 0.3 is 5.69 Å². The summed E-state index contributed by atoms with van der Waals surface area (Å²) in [5.41, 5.74) is 2.19. The molecule has 2 aromatic rings. The molecule has 1 aliphatic carbocycles. The van der Waals surface area contributed by atoms with Crippen LogP contribution < -0.4 is 10.1 Å². The fraction of sp³-hybridized carbons (Fsp3) is 0.333. The van der Waals surface area contributed by atoms with Crippen LogP contribution >= 0.6 is 11.3 Å². The monoisotopic (exact) mass is 304 g/mol. The fourth-order valence-corrected chi connectivity index (χ4v) is 3.74. The Hall–Kier alpha value is -2.08. The first kappa shape index (κ1) is 13.9. The molecule has 0 spiro atoms. The van der Waals surface area contributed by atoms with Crippen molar-refractivity contribution in [3.8, 4) is 5.75 Å². The van der Waals surface area contributed by atoms with Crippen molar-refractivity contribution in [1.82, 2.24) is 0 Å². The number of nitro benzene ring substituents is 1. The molecule has 1 aromatic heterocycles. The topological polar surface area (TPSA) is 64.4 Å². The maximum absolute atomic E-state index is 10.9. The molecule has 6 heteroatoms. The van der Waals surface area contributed by atoms with Gasteiger partial charge in [0.25, 0.3) is 0 Å². The Balaban J connectivity index is 1.85. The van der Waals surface area contributed by atoms with Gasteiger partial charge in [-0.1, -0.05) is 0 Å². The first-order valence-corrected chi connectivity index (χ1v) is 7.72. The lowest BCUT2D eigenvalue weighted by molar-refractivity contribution is -0.385. The van der Waals surface area contributed by atoms with Crippen LogP contribution in [0, 0.1) is 10.1 Å². The molecule has 5 nitrogen and oxygen atoms in total. The molecule has 1 N–H and O–H groups in total. The van der Waals surface area contributed by atoms with E-state index in [0.717, 1.165) is 24.9 Å². The van der Waals surface area contributed by atoms with Crippen LogP contribution in [-0.2, 0) is 6.42 Å². The average molecular weight is 304 g/mol. The third-order valence-corrected chi connectivity index (χ3v) is 4.77. The molecular weight excluding hydrogens is 288 g/mol. The molecule has 0 saturated heterocycles. The van der Waals surface area contributed by atoms with E-state index in [2.05, 4.69) is 16.8 Å². The Morgan fingerprint density at radius 1 is 1.43 bits per heavy atom. The van der Waals surface area contributed by atoms with Gasteiger partial charge in [0.05, 0.1) is 18.1 Å². The maximum atomic E-state index is 10.9. The van der Waals surface area contributed by atoms with Gasteiger partial charge in [-0.15, -0.1) is 11.3 Å². The molecule has 110 valence electrons. The van der Waals surface area contributed by atoms with Crippen LogP contribution in [0.4, 0.5) is 11.4 Å². The van der Waals surface area contributed by atoms with Crippen molar-refractivity contribution in [2.24, 2.45) is 0 Å². The molecule has 0 aliphatic heterocycles. The first-order chi connectivity index (χ1) is 10.2. The molecule has 1 heterocycles. The summed E-state index contributed by atoms with van der Waals surface area (Å²) >= 11 is 1.80. The lowest BCUT2D eigenvalue weighted by atomic mass is 9.94. The average Bonchev–Trinajstić information content (AvgIpc) is 2.96. The third-order valence-electron chi connectivity index (χ3n) is 3.77. The van der Waals surface area contributed by atoms with E-state index in [1.165, 1.54) is 23.6 Å². The summed E-state index contributed by atoms with van der Waals surface area (Å²) in [5, 5.41) is 16.5. The highest BCUT2D eigenvalue weighted by atomic mass is 32.1. The number of anilines is 1. The van der Waals surface area contributed by atoms with Gasteiger partial charge in [0.1, 0.15) is 0 Å². The van der Waals surface area contributed by atoms with Gasteiger partial charge in [0, 0.05) is 22.7 Å². The van der Waals surface area contributed by atoms with E-state index in [9.17, 15) is 10.1 Å². The number of thiophene rings is 1. The van der Waals surface area contributed by atoms with E-state index in [1.54, 1.807) is 23.5 Å². The molecule has 21 heavy (non-hydrogen) atoms. The molecule has 0 amide bonds. The normalized spacial score (nSPS) is 17.1. The maximum Gasteiger partial charge on any atom is 0.311 e. The molecule has 1 aromatic carbocycles. The predicted octanol–water partition coefficient (Wildman–Crippen LogP) is 4.15. The van der Waals surface area contributed by atoms with Crippen LogP contribution in [0.1, 0.15) is 29.3 Å². The van der Waals surface area contributed by atoms with E-state index in [-0.39, 0.29) is 17.5 Å². The lowest BCUT2D eigenvalue weighted by Gasteiger charge is -2.24. The Morgan fingerprint density at radius 2 is 2.29 bits per heavy atom. The van der Waals surface area contributed by atoms with Crippen LogP contribution in [0.25, 0.3) is 0 Å². The van der Waals surface area contributed by atoms with Gasteiger partial charge in [-0.2, -0.15) is 0 Å². The van der Waals surface area contributed by atoms with Crippen molar-refractivity contribution in [2.45, 2.75) is 25.3 Å². The van der Waals surface area contributed by atoms with Gasteiger partial charge < -0.3 is 10.1 Å². The SMILES string of the molecule is COc1cc(NC2CCCc3sccc32)ccc1[N+](=O)[O-]. The number of hydrogen-bond donors (Lipinski definition) is 1. The minimum atomic E-state index is -0.430. The quantitative estimate of drug-likeness (QED) is 0.680. The fourth-order valence-electron chi connectivity index (χ4n) is 2.76. The number of nitrogens with zero attached hydrogens (tertiary/aromatic N) is 1. The minimum absolute atomic E-state index is 0.0112. The van der Waals surface area contributed by atoms with Crippen molar-refractivity contribution in [2.75, 3.05) is 12.4 Å². The van der Waals surface area contributed by atoms with Gasteiger partial charge in [-0.3, -0.25) is 10.1 Å². The minimum Gasteiger partial charge on any atom is -0.490 e. The molecule has 3 rings (SSSR count). The predicted molar refractivity (Wildman–Crippen MR) is 83.3 cm³/mol. The number of fused-ring (bicyclic) bond motifs is 1. The number of rotatable bonds is 4. The number of methoxy groups -OCH3 is 1. The second-order valence-corrected chi connectivity index (χ2v) is 6.03. The Bertz CT molecular complexity index is 669. The van der Waals surface area contributed by atoms with Crippen LogP contribution in [0.3, 0.4) is 0 Å². The first-order valence-electron chi connectivity index (χ1n) is 6.84. The van der Waals surface area contributed by atoms with E-state index in [4.69, 9.17) is 4.74 Å². The van der Waals surface area contributed by atoms with E-state index in [0.29, 0.717) is 0 Å². The molecule has 0 bridgehead atoms. The third kappa shape index (κ3) is 2.71. The molecule has 1 aliphatic rings. The van der Waals surface area contributed by atoms with Crippen LogP contribution in [0.5, 0.6) is 5.75 Å².